The molecular weight excluding hydrogens is 250 g/mol. The van der Waals surface area contributed by atoms with Crippen molar-refractivity contribution < 1.29 is 4.79 Å². The molecule has 4 nitrogen and oxygen atoms in total. The lowest BCUT2D eigenvalue weighted by Crippen LogP contribution is -2.00. The molecule has 0 unspecified atom stereocenters. The van der Waals surface area contributed by atoms with Crippen LogP contribution in [0.4, 0.5) is 5.69 Å². The van der Waals surface area contributed by atoms with Crippen molar-refractivity contribution in [3.8, 4) is 0 Å². The van der Waals surface area contributed by atoms with E-state index in [2.05, 4.69) is 10.4 Å². The molecule has 0 amide bonds. The van der Waals surface area contributed by atoms with Gasteiger partial charge in [0.05, 0.1) is 6.20 Å². The highest BCUT2D eigenvalue weighted by molar-refractivity contribution is 6.31. The van der Waals surface area contributed by atoms with E-state index in [1.807, 2.05) is 13.2 Å². The number of Topliss-reactive ketones (excluding diaryl/α,β-unsaturated/α-hetero) is 1. The molecule has 94 valence electrons. The summed E-state index contributed by atoms with van der Waals surface area (Å²) in [5, 5.41) is 7.86. The van der Waals surface area contributed by atoms with Crippen molar-refractivity contribution >= 4 is 23.1 Å². The van der Waals surface area contributed by atoms with E-state index in [0.29, 0.717) is 17.1 Å². The molecule has 1 aromatic heterocycles. The fourth-order valence-corrected chi connectivity index (χ4v) is 1.90. The molecule has 0 saturated carbocycles. The van der Waals surface area contributed by atoms with E-state index in [-0.39, 0.29) is 5.78 Å². The van der Waals surface area contributed by atoms with Gasteiger partial charge in [-0.1, -0.05) is 11.6 Å². The van der Waals surface area contributed by atoms with Crippen molar-refractivity contribution in [1.82, 2.24) is 9.78 Å². The fourth-order valence-electron chi connectivity index (χ4n) is 1.66. The first-order valence-electron chi connectivity index (χ1n) is 5.57. The maximum atomic E-state index is 11.3. The van der Waals surface area contributed by atoms with Gasteiger partial charge in [0.2, 0.25) is 0 Å². The second-order valence-corrected chi connectivity index (χ2v) is 4.60. The van der Waals surface area contributed by atoms with Gasteiger partial charge in [0.25, 0.3) is 0 Å². The highest BCUT2D eigenvalue weighted by atomic mass is 35.5. The molecule has 1 aromatic carbocycles. The number of benzene rings is 1. The molecule has 0 aliphatic carbocycles. The lowest BCUT2D eigenvalue weighted by molar-refractivity contribution is 0.101. The summed E-state index contributed by atoms with van der Waals surface area (Å²) in [5.41, 5.74) is 2.51. The molecule has 5 heteroatoms. The van der Waals surface area contributed by atoms with E-state index in [1.54, 1.807) is 29.1 Å². The molecule has 2 aromatic rings. The molecule has 0 atom stereocenters. The van der Waals surface area contributed by atoms with Crippen LogP contribution in [0.2, 0.25) is 5.02 Å². The van der Waals surface area contributed by atoms with Crippen molar-refractivity contribution in [2.45, 2.75) is 13.5 Å². The number of hydrogen-bond donors (Lipinski definition) is 1. The first-order valence-corrected chi connectivity index (χ1v) is 5.95. The molecule has 18 heavy (non-hydrogen) atoms. The Balaban J connectivity index is 2.11. The highest BCUT2D eigenvalue weighted by Crippen LogP contribution is 2.20. The second-order valence-electron chi connectivity index (χ2n) is 4.16. The normalized spacial score (nSPS) is 10.4. The molecule has 0 fully saturated rings. The van der Waals surface area contributed by atoms with Gasteiger partial charge in [-0.25, -0.2) is 0 Å². The SMILES string of the molecule is CC(=O)c1cc(Cl)cc(NCc2cnn(C)c2)c1. The predicted molar refractivity (Wildman–Crippen MR) is 72.0 cm³/mol. The number of anilines is 1. The number of hydrogen-bond acceptors (Lipinski definition) is 3. The third-order valence-corrected chi connectivity index (χ3v) is 2.78. The number of aryl methyl sites for hydroxylation is 1. The Labute approximate surface area is 111 Å². The van der Waals surface area contributed by atoms with Gasteiger partial charge in [0, 0.05) is 41.6 Å². The molecule has 0 radical (unpaired) electrons. The van der Waals surface area contributed by atoms with Crippen LogP contribution in [0.3, 0.4) is 0 Å². The Morgan fingerprint density at radius 3 is 2.83 bits per heavy atom. The van der Waals surface area contributed by atoms with Gasteiger partial charge >= 0.3 is 0 Å². The summed E-state index contributed by atoms with van der Waals surface area (Å²) in [7, 11) is 1.87. The van der Waals surface area contributed by atoms with Crippen LogP contribution in [0.25, 0.3) is 0 Å². The summed E-state index contributed by atoms with van der Waals surface area (Å²) >= 11 is 5.97. The van der Waals surface area contributed by atoms with Crippen LogP contribution in [-0.4, -0.2) is 15.6 Å². The smallest absolute Gasteiger partial charge is 0.159 e. The van der Waals surface area contributed by atoms with Crippen LogP contribution in [0, 0.1) is 0 Å². The third kappa shape index (κ3) is 3.11. The first-order chi connectivity index (χ1) is 8.54. The summed E-state index contributed by atoms with van der Waals surface area (Å²) in [6, 6.07) is 5.26. The maximum absolute atomic E-state index is 11.3. The third-order valence-electron chi connectivity index (χ3n) is 2.56. The van der Waals surface area contributed by atoms with E-state index in [4.69, 9.17) is 11.6 Å². The van der Waals surface area contributed by atoms with Crippen LogP contribution in [0.1, 0.15) is 22.8 Å². The fraction of sp³-hybridized carbons (Fsp3) is 0.231. The molecule has 1 heterocycles. The van der Waals surface area contributed by atoms with Crippen LogP contribution in [0.15, 0.2) is 30.6 Å². The van der Waals surface area contributed by atoms with Crippen molar-refractivity contribution in [3.05, 3.63) is 46.7 Å². The zero-order valence-electron chi connectivity index (χ0n) is 10.3. The quantitative estimate of drug-likeness (QED) is 0.863. The topological polar surface area (TPSA) is 46.9 Å². The number of halogens is 1. The van der Waals surface area contributed by atoms with Crippen LogP contribution in [-0.2, 0) is 13.6 Å². The number of ketones is 1. The van der Waals surface area contributed by atoms with Crippen LogP contribution in [0.5, 0.6) is 0 Å². The minimum Gasteiger partial charge on any atom is -0.381 e. The average Bonchev–Trinajstić information content (AvgIpc) is 2.72. The maximum Gasteiger partial charge on any atom is 0.159 e. The number of aromatic nitrogens is 2. The highest BCUT2D eigenvalue weighted by Gasteiger charge is 2.04. The Bertz CT molecular complexity index is 577. The van der Waals surface area contributed by atoms with Crippen LogP contribution < -0.4 is 5.32 Å². The Morgan fingerprint density at radius 1 is 1.44 bits per heavy atom. The minimum absolute atomic E-state index is 0.00178. The van der Waals surface area contributed by atoms with Gasteiger partial charge < -0.3 is 5.32 Å². The van der Waals surface area contributed by atoms with Gasteiger partial charge in [-0.3, -0.25) is 9.48 Å². The van der Waals surface area contributed by atoms with E-state index in [9.17, 15) is 4.79 Å². The zero-order valence-corrected chi connectivity index (χ0v) is 11.0. The molecule has 0 bridgehead atoms. The minimum atomic E-state index is 0.00178. The number of nitrogens with one attached hydrogen (secondary N) is 1. The van der Waals surface area contributed by atoms with E-state index in [1.165, 1.54) is 6.92 Å². The lowest BCUT2D eigenvalue weighted by Gasteiger charge is -2.07. The number of carbonyl (C=O) groups excluding carboxylic acids is 1. The van der Waals surface area contributed by atoms with Gasteiger partial charge in [-0.05, 0) is 25.1 Å². The largest absolute Gasteiger partial charge is 0.381 e. The van der Waals surface area contributed by atoms with Gasteiger partial charge in [0.15, 0.2) is 5.78 Å². The molecule has 1 N–H and O–H groups in total. The number of carbonyl (C=O) groups is 1. The standard InChI is InChI=1S/C13H14ClN3O/c1-9(18)11-3-12(14)5-13(4-11)15-6-10-7-16-17(2)8-10/h3-5,7-8,15H,6H2,1-2H3. The Morgan fingerprint density at radius 2 is 2.22 bits per heavy atom. The molecule has 0 saturated heterocycles. The van der Waals surface area contributed by atoms with Crippen molar-refractivity contribution in [3.63, 3.8) is 0 Å². The van der Waals surface area contributed by atoms with Gasteiger partial charge in [-0.15, -0.1) is 0 Å². The molecule has 0 spiro atoms. The van der Waals surface area contributed by atoms with E-state index < -0.39 is 0 Å². The molecule has 0 aliphatic rings. The monoisotopic (exact) mass is 263 g/mol. The van der Waals surface area contributed by atoms with Crippen molar-refractivity contribution in [2.75, 3.05) is 5.32 Å². The summed E-state index contributed by atoms with van der Waals surface area (Å²) in [6.07, 6.45) is 3.73. The predicted octanol–water partition coefficient (Wildman–Crippen LogP) is 2.89. The molecular formula is C13H14ClN3O. The van der Waals surface area contributed by atoms with Crippen molar-refractivity contribution in [2.24, 2.45) is 7.05 Å². The number of nitrogens with zero attached hydrogens (tertiary/aromatic N) is 2. The van der Waals surface area contributed by atoms with Crippen LogP contribution >= 0.6 is 11.6 Å². The van der Waals surface area contributed by atoms with Gasteiger partial charge in [-0.2, -0.15) is 5.10 Å². The molecule has 2 rings (SSSR count). The Hall–Kier alpha value is -1.81. The summed E-state index contributed by atoms with van der Waals surface area (Å²) in [4.78, 5) is 11.3. The number of rotatable bonds is 4. The Kier molecular flexibility index (Phi) is 3.67. The average molecular weight is 264 g/mol. The van der Waals surface area contributed by atoms with E-state index >= 15 is 0 Å². The lowest BCUT2D eigenvalue weighted by atomic mass is 10.1. The van der Waals surface area contributed by atoms with Crippen molar-refractivity contribution in [1.29, 1.82) is 0 Å². The summed E-state index contributed by atoms with van der Waals surface area (Å²) < 4.78 is 1.75. The first kappa shape index (κ1) is 12.6. The summed E-state index contributed by atoms with van der Waals surface area (Å²) in [6.45, 7) is 2.17. The zero-order chi connectivity index (χ0) is 13.1. The van der Waals surface area contributed by atoms with E-state index in [0.717, 1.165) is 11.3 Å². The van der Waals surface area contributed by atoms with Gasteiger partial charge in [0.1, 0.15) is 0 Å². The summed E-state index contributed by atoms with van der Waals surface area (Å²) in [5.74, 6) is 0.00178. The second kappa shape index (κ2) is 5.23. The molecule has 0 aliphatic heterocycles.